The Hall–Kier alpha value is -1.34. The molecule has 0 aliphatic heterocycles. The SMILES string of the molecule is N[C@@H]1CC=CC[C@H]1c1sc2c(NCc3ccco3)cc(Cl)nc2c1Br. The standard InChI is InChI=1S/C18H17BrClN3OS/c19-15-16-18(25-17(15)11-5-1-2-6-12(11)21)13(8-14(20)23-16)22-9-10-4-3-7-24-10/h1-4,7-8,11-12H,5-6,9,21H2,(H,22,23)/t11-,12-/m1/s1. The summed E-state index contributed by atoms with van der Waals surface area (Å²) in [6.45, 7) is 0.596. The Morgan fingerprint density at radius 2 is 2.24 bits per heavy atom. The lowest BCUT2D eigenvalue weighted by Crippen LogP contribution is -2.29. The Labute approximate surface area is 163 Å². The van der Waals surface area contributed by atoms with Crippen LogP contribution in [0, 0.1) is 0 Å². The van der Waals surface area contributed by atoms with Gasteiger partial charge in [0.1, 0.15) is 10.9 Å². The predicted octanol–water partition coefficient (Wildman–Crippen LogP) is 5.68. The predicted molar refractivity (Wildman–Crippen MR) is 107 cm³/mol. The van der Waals surface area contributed by atoms with E-state index >= 15 is 0 Å². The maximum absolute atomic E-state index is 6.35. The van der Waals surface area contributed by atoms with E-state index in [1.54, 1.807) is 17.6 Å². The van der Waals surface area contributed by atoms with Crippen LogP contribution in [-0.4, -0.2) is 11.0 Å². The van der Waals surface area contributed by atoms with Gasteiger partial charge in [0.05, 0.1) is 33.2 Å². The van der Waals surface area contributed by atoms with Gasteiger partial charge in [0.25, 0.3) is 0 Å². The van der Waals surface area contributed by atoms with Crippen molar-refractivity contribution in [3.8, 4) is 0 Å². The van der Waals surface area contributed by atoms with Crippen LogP contribution in [-0.2, 0) is 6.54 Å². The minimum Gasteiger partial charge on any atom is -0.467 e. The number of nitrogens with one attached hydrogen (secondary N) is 1. The van der Waals surface area contributed by atoms with Crippen LogP contribution in [0.5, 0.6) is 0 Å². The molecule has 0 unspecified atom stereocenters. The number of rotatable bonds is 4. The number of furan rings is 1. The molecule has 2 atom stereocenters. The smallest absolute Gasteiger partial charge is 0.131 e. The lowest BCUT2D eigenvalue weighted by Gasteiger charge is -2.24. The zero-order chi connectivity index (χ0) is 17.4. The summed E-state index contributed by atoms with van der Waals surface area (Å²) < 4.78 is 7.48. The van der Waals surface area contributed by atoms with E-state index in [1.807, 2.05) is 18.2 Å². The van der Waals surface area contributed by atoms with Gasteiger partial charge < -0.3 is 15.5 Å². The summed E-state index contributed by atoms with van der Waals surface area (Å²) in [5.74, 6) is 1.17. The lowest BCUT2D eigenvalue weighted by molar-refractivity contribution is 0.518. The van der Waals surface area contributed by atoms with Crippen molar-refractivity contribution in [2.75, 3.05) is 5.32 Å². The quantitative estimate of drug-likeness (QED) is 0.406. The summed E-state index contributed by atoms with van der Waals surface area (Å²) in [6, 6.07) is 5.81. The van der Waals surface area contributed by atoms with E-state index in [4.69, 9.17) is 21.8 Å². The molecule has 0 aromatic carbocycles. The largest absolute Gasteiger partial charge is 0.467 e. The first-order valence-electron chi connectivity index (χ1n) is 8.08. The van der Waals surface area contributed by atoms with Crippen molar-refractivity contribution in [2.24, 2.45) is 5.73 Å². The van der Waals surface area contributed by atoms with E-state index in [9.17, 15) is 0 Å². The number of halogens is 2. The first-order chi connectivity index (χ1) is 12.1. The number of anilines is 1. The molecule has 0 saturated carbocycles. The number of thiophene rings is 1. The van der Waals surface area contributed by atoms with E-state index in [2.05, 4.69) is 38.4 Å². The maximum Gasteiger partial charge on any atom is 0.131 e. The van der Waals surface area contributed by atoms with Gasteiger partial charge in [-0.2, -0.15) is 0 Å². The van der Waals surface area contributed by atoms with Crippen molar-refractivity contribution >= 4 is 54.8 Å². The number of hydrogen-bond donors (Lipinski definition) is 2. The molecule has 1 aliphatic rings. The summed E-state index contributed by atoms with van der Waals surface area (Å²) in [4.78, 5) is 5.77. The normalized spacial score (nSPS) is 20.3. The monoisotopic (exact) mass is 437 g/mol. The fourth-order valence-electron chi connectivity index (χ4n) is 3.13. The molecule has 0 saturated heterocycles. The van der Waals surface area contributed by atoms with Crippen molar-refractivity contribution in [3.63, 3.8) is 0 Å². The van der Waals surface area contributed by atoms with Crippen molar-refractivity contribution in [1.82, 2.24) is 4.98 Å². The minimum atomic E-state index is 0.129. The number of aromatic nitrogens is 1. The Balaban J connectivity index is 1.73. The number of allylic oxidation sites excluding steroid dienone is 1. The van der Waals surface area contributed by atoms with Crippen LogP contribution >= 0.6 is 38.9 Å². The topological polar surface area (TPSA) is 64.1 Å². The number of nitrogens with two attached hydrogens (primary N) is 1. The van der Waals surface area contributed by atoms with Gasteiger partial charge in [0, 0.05) is 22.9 Å². The van der Waals surface area contributed by atoms with E-state index in [0.29, 0.717) is 17.6 Å². The Morgan fingerprint density at radius 3 is 3.00 bits per heavy atom. The second-order valence-corrected chi connectivity index (χ2v) is 8.33. The van der Waals surface area contributed by atoms with Crippen molar-refractivity contribution in [3.05, 3.63) is 56.9 Å². The molecule has 130 valence electrons. The molecule has 4 nitrogen and oxygen atoms in total. The molecule has 0 amide bonds. The molecular weight excluding hydrogens is 422 g/mol. The zero-order valence-corrected chi connectivity index (χ0v) is 16.5. The lowest BCUT2D eigenvalue weighted by atomic mass is 9.88. The molecule has 0 radical (unpaired) electrons. The number of fused-ring (bicyclic) bond motifs is 1. The second kappa shape index (κ2) is 7.11. The van der Waals surface area contributed by atoms with Crippen LogP contribution in [0.15, 0.2) is 45.5 Å². The van der Waals surface area contributed by atoms with E-state index < -0.39 is 0 Å². The first kappa shape index (κ1) is 17.1. The molecule has 3 aromatic heterocycles. The van der Waals surface area contributed by atoms with Gasteiger partial charge in [-0.15, -0.1) is 11.3 Å². The van der Waals surface area contributed by atoms with Gasteiger partial charge in [-0.1, -0.05) is 23.8 Å². The van der Waals surface area contributed by atoms with Crippen molar-refractivity contribution in [2.45, 2.75) is 31.3 Å². The molecule has 1 aliphatic carbocycles. The Morgan fingerprint density at radius 1 is 1.40 bits per heavy atom. The third kappa shape index (κ3) is 3.36. The van der Waals surface area contributed by atoms with Crippen molar-refractivity contribution < 1.29 is 4.42 Å². The summed E-state index contributed by atoms with van der Waals surface area (Å²) in [6.07, 6.45) is 7.90. The first-order valence-corrected chi connectivity index (χ1v) is 10.1. The fourth-order valence-corrected chi connectivity index (χ4v) is 5.59. The molecule has 25 heavy (non-hydrogen) atoms. The van der Waals surface area contributed by atoms with Crippen LogP contribution in [0.4, 0.5) is 5.69 Å². The van der Waals surface area contributed by atoms with E-state index in [0.717, 1.165) is 39.0 Å². The summed E-state index contributed by atoms with van der Waals surface area (Å²) >= 11 is 11.7. The number of pyridine rings is 1. The van der Waals surface area contributed by atoms with Gasteiger partial charge in [0.15, 0.2) is 0 Å². The van der Waals surface area contributed by atoms with Crippen molar-refractivity contribution in [1.29, 1.82) is 0 Å². The Kier molecular flexibility index (Phi) is 4.86. The van der Waals surface area contributed by atoms with Crippen LogP contribution < -0.4 is 11.1 Å². The van der Waals surface area contributed by atoms with Crippen LogP contribution in [0.1, 0.15) is 29.4 Å². The third-order valence-electron chi connectivity index (χ3n) is 4.43. The average molecular weight is 439 g/mol. The molecular formula is C18H17BrClN3OS. The number of hydrogen-bond acceptors (Lipinski definition) is 5. The summed E-state index contributed by atoms with van der Waals surface area (Å²) in [7, 11) is 0. The van der Waals surface area contributed by atoms with Gasteiger partial charge in [-0.05, 0) is 40.9 Å². The molecule has 7 heteroatoms. The van der Waals surface area contributed by atoms with Gasteiger partial charge in [0.2, 0.25) is 0 Å². The van der Waals surface area contributed by atoms with Crippen LogP contribution in [0.25, 0.3) is 10.2 Å². The summed E-state index contributed by atoms with van der Waals surface area (Å²) in [5.41, 5.74) is 8.20. The molecule has 0 bridgehead atoms. The number of nitrogens with zero attached hydrogens (tertiary/aromatic N) is 1. The highest BCUT2D eigenvalue weighted by molar-refractivity contribution is 9.10. The maximum atomic E-state index is 6.35. The van der Waals surface area contributed by atoms with Gasteiger partial charge in [-0.3, -0.25) is 0 Å². The van der Waals surface area contributed by atoms with Crippen LogP contribution in [0.3, 0.4) is 0 Å². The van der Waals surface area contributed by atoms with E-state index in [1.165, 1.54) is 4.88 Å². The molecule has 0 spiro atoms. The highest BCUT2D eigenvalue weighted by Gasteiger charge is 2.27. The Bertz CT molecular complexity index is 922. The molecule has 0 fully saturated rings. The molecule has 4 rings (SSSR count). The molecule has 3 N–H and O–H groups in total. The third-order valence-corrected chi connectivity index (χ3v) is 7.03. The molecule has 3 aromatic rings. The molecule has 3 heterocycles. The summed E-state index contributed by atoms with van der Waals surface area (Å²) in [5, 5.41) is 3.88. The fraction of sp³-hybridized carbons (Fsp3) is 0.278. The zero-order valence-electron chi connectivity index (χ0n) is 13.3. The highest BCUT2D eigenvalue weighted by atomic mass is 79.9. The highest BCUT2D eigenvalue weighted by Crippen LogP contribution is 2.45. The average Bonchev–Trinajstić information content (AvgIpc) is 3.22. The van der Waals surface area contributed by atoms with Crippen LogP contribution in [0.2, 0.25) is 5.15 Å². The second-order valence-electron chi connectivity index (χ2n) is 6.10. The minimum absolute atomic E-state index is 0.129. The van der Waals surface area contributed by atoms with Gasteiger partial charge in [-0.25, -0.2) is 4.98 Å². The van der Waals surface area contributed by atoms with E-state index in [-0.39, 0.29) is 6.04 Å². The van der Waals surface area contributed by atoms with Gasteiger partial charge >= 0.3 is 0 Å².